The molecule has 0 bridgehead atoms. The Hall–Kier alpha value is -3.48. The second-order valence-corrected chi connectivity index (χ2v) is 6.55. The first-order valence-corrected chi connectivity index (χ1v) is 8.89. The molecule has 3 aromatic rings. The van der Waals surface area contributed by atoms with Gasteiger partial charge in [-0.05, 0) is 42.7 Å². The number of methoxy groups -OCH3 is 1. The van der Waals surface area contributed by atoms with E-state index in [-0.39, 0.29) is 11.5 Å². The largest absolute Gasteiger partial charge is 0.496 e. The molecule has 0 spiro atoms. The first-order valence-electron chi connectivity index (χ1n) is 8.89. The third-order valence-electron chi connectivity index (χ3n) is 4.82. The van der Waals surface area contributed by atoms with Gasteiger partial charge in [-0.3, -0.25) is 9.59 Å². The molecule has 142 valence electrons. The summed E-state index contributed by atoms with van der Waals surface area (Å²) in [6.45, 7) is 0. The molecule has 1 aliphatic heterocycles. The fourth-order valence-corrected chi connectivity index (χ4v) is 3.40. The van der Waals surface area contributed by atoms with Gasteiger partial charge in [-0.25, -0.2) is 9.07 Å². The molecule has 0 unspecified atom stereocenters. The third kappa shape index (κ3) is 3.26. The normalized spacial score (nSPS) is 16.1. The molecule has 2 heterocycles. The van der Waals surface area contributed by atoms with Crippen LogP contribution in [0.3, 0.4) is 0 Å². The van der Waals surface area contributed by atoms with Crippen LogP contribution in [0.2, 0.25) is 0 Å². The minimum atomic E-state index is -0.744. The van der Waals surface area contributed by atoms with Crippen molar-refractivity contribution >= 4 is 11.6 Å². The number of benzene rings is 2. The highest BCUT2D eigenvalue weighted by Crippen LogP contribution is 2.30. The van der Waals surface area contributed by atoms with E-state index in [0.29, 0.717) is 29.8 Å². The van der Waals surface area contributed by atoms with Crippen molar-refractivity contribution in [3.63, 3.8) is 0 Å². The number of hydrogen-bond acceptors (Lipinski definition) is 4. The number of para-hydroxylation sites is 1. The minimum Gasteiger partial charge on any atom is -0.496 e. The van der Waals surface area contributed by atoms with Gasteiger partial charge in [-0.2, -0.15) is 5.10 Å². The number of ether oxygens (including phenoxy) is 1. The minimum absolute atomic E-state index is 0.289. The van der Waals surface area contributed by atoms with Crippen LogP contribution in [-0.2, 0) is 11.2 Å². The molecule has 1 amide bonds. The van der Waals surface area contributed by atoms with Crippen molar-refractivity contribution < 1.29 is 13.9 Å². The summed E-state index contributed by atoms with van der Waals surface area (Å²) in [4.78, 5) is 25.2. The summed E-state index contributed by atoms with van der Waals surface area (Å²) in [5, 5.41) is 7.27. The predicted octanol–water partition coefficient (Wildman–Crippen LogP) is 3.18. The SMILES string of the molecule is COc1cc(F)ccc1-c1ccc(=O)n([C@H]2CCc3ccccc3NC2=O)n1. The van der Waals surface area contributed by atoms with Crippen LogP contribution < -0.4 is 15.6 Å². The highest BCUT2D eigenvalue weighted by atomic mass is 19.1. The molecule has 1 N–H and O–H groups in total. The van der Waals surface area contributed by atoms with Crippen LogP contribution in [0.5, 0.6) is 5.75 Å². The van der Waals surface area contributed by atoms with Crippen molar-refractivity contribution in [1.82, 2.24) is 9.78 Å². The Morgan fingerprint density at radius 3 is 2.79 bits per heavy atom. The van der Waals surface area contributed by atoms with Crippen molar-refractivity contribution in [1.29, 1.82) is 0 Å². The molecule has 1 atom stereocenters. The molecule has 0 saturated carbocycles. The number of amides is 1. The molecular weight excluding hydrogens is 361 g/mol. The number of halogens is 1. The Bertz CT molecular complexity index is 1110. The van der Waals surface area contributed by atoms with Gasteiger partial charge in [-0.15, -0.1) is 0 Å². The Labute approximate surface area is 160 Å². The zero-order chi connectivity index (χ0) is 19.7. The van der Waals surface area contributed by atoms with Crippen molar-refractivity contribution in [2.24, 2.45) is 0 Å². The molecule has 28 heavy (non-hydrogen) atoms. The van der Waals surface area contributed by atoms with E-state index in [2.05, 4.69) is 10.4 Å². The third-order valence-corrected chi connectivity index (χ3v) is 4.82. The van der Waals surface area contributed by atoms with E-state index < -0.39 is 11.9 Å². The van der Waals surface area contributed by atoms with Crippen LogP contribution in [0.1, 0.15) is 18.0 Å². The van der Waals surface area contributed by atoms with Crippen molar-refractivity contribution in [3.05, 3.63) is 76.3 Å². The van der Waals surface area contributed by atoms with Crippen LogP contribution in [0, 0.1) is 5.82 Å². The van der Waals surface area contributed by atoms with Gasteiger partial charge in [0.15, 0.2) is 0 Å². The summed E-state index contributed by atoms with van der Waals surface area (Å²) in [7, 11) is 1.43. The summed E-state index contributed by atoms with van der Waals surface area (Å²) in [5.41, 5.74) is 2.35. The Balaban J connectivity index is 1.74. The molecule has 2 aromatic carbocycles. The van der Waals surface area contributed by atoms with Crippen LogP contribution in [0.4, 0.5) is 10.1 Å². The number of hydrogen-bond donors (Lipinski definition) is 1. The number of carbonyl (C=O) groups excluding carboxylic acids is 1. The molecule has 7 heteroatoms. The Morgan fingerprint density at radius 2 is 1.96 bits per heavy atom. The number of nitrogens with one attached hydrogen (secondary N) is 1. The van der Waals surface area contributed by atoms with Gasteiger partial charge in [0, 0.05) is 23.4 Å². The zero-order valence-corrected chi connectivity index (χ0v) is 15.2. The predicted molar refractivity (Wildman–Crippen MR) is 103 cm³/mol. The lowest BCUT2D eigenvalue weighted by Crippen LogP contribution is -2.34. The maximum Gasteiger partial charge on any atom is 0.267 e. The fraction of sp³-hybridized carbons (Fsp3) is 0.190. The standard InChI is InChI=1S/C21H18FN3O3/c1-28-19-12-14(22)7-8-15(19)17-9-11-20(26)25(24-17)18-10-6-13-4-2-3-5-16(13)23-21(18)27/h2-5,7-9,11-12,18H,6,10H2,1H3,(H,23,27)/t18-/m0/s1. The quantitative estimate of drug-likeness (QED) is 0.759. The number of anilines is 1. The zero-order valence-electron chi connectivity index (χ0n) is 15.2. The summed E-state index contributed by atoms with van der Waals surface area (Å²) in [6.07, 6.45) is 1.08. The van der Waals surface area contributed by atoms with Gasteiger partial charge in [-0.1, -0.05) is 18.2 Å². The van der Waals surface area contributed by atoms with Crippen LogP contribution in [-0.4, -0.2) is 22.8 Å². The Kier molecular flexibility index (Phi) is 4.65. The van der Waals surface area contributed by atoms with Gasteiger partial charge in [0.2, 0.25) is 5.91 Å². The highest BCUT2D eigenvalue weighted by Gasteiger charge is 2.27. The second kappa shape index (κ2) is 7.26. The van der Waals surface area contributed by atoms with Crippen LogP contribution in [0.25, 0.3) is 11.3 Å². The molecular formula is C21H18FN3O3. The summed E-state index contributed by atoms with van der Waals surface area (Å²) >= 11 is 0. The number of nitrogens with zero attached hydrogens (tertiary/aromatic N) is 2. The molecule has 6 nitrogen and oxygen atoms in total. The van der Waals surface area contributed by atoms with E-state index in [1.54, 1.807) is 0 Å². The smallest absolute Gasteiger partial charge is 0.267 e. The second-order valence-electron chi connectivity index (χ2n) is 6.55. The van der Waals surface area contributed by atoms with Gasteiger partial charge >= 0.3 is 0 Å². The average Bonchev–Trinajstić information content (AvgIpc) is 2.86. The number of rotatable bonds is 3. The number of fused-ring (bicyclic) bond motifs is 1. The van der Waals surface area contributed by atoms with Crippen LogP contribution >= 0.6 is 0 Å². The monoisotopic (exact) mass is 379 g/mol. The maximum atomic E-state index is 13.5. The molecule has 0 radical (unpaired) electrons. The first-order chi connectivity index (χ1) is 13.6. The van der Waals surface area contributed by atoms with Gasteiger partial charge in [0.05, 0.1) is 12.8 Å². The van der Waals surface area contributed by atoms with Crippen LogP contribution in [0.15, 0.2) is 59.4 Å². The average molecular weight is 379 g/mol. The van der Waals surface area contributed by atoms with E-state index >= 15 is 0 Å². The highest BCUT2D eigenvalue weighted by molar-refractivity contribution is 5.95. The van der Waals surface area contributed by atoms with E-state index in [4.69, 9.17) is 4.74 Å². The van der Waals surface area contributed by atoms with E-state index in [1.165, 1.54) is 42.1 Å². The van der Waals surface area contributed by atoms with Crippen molar-refractivity contribution in [3.8, 4) is 17.0 Å². The van der Waals surface area contributed by atoms with E-state index in [0.717, 1.165) is 11.3 Å². The summed E-state index contributed by atoms with van der Waals surface area (Å²) in [5.74, 6) is -0.423. The maximum absolute atomic E-state index is 13.5. The molecule has 4 rings (SSSR count). The fourth-order valence-electron chi connectivity index (χ4n) is 3.40. The van der Waals surface area contributed by atoms with Gasteiger partial charge < -0.3 is 10.1 Å². The lowest BCUT2D eigenvalue weighted by atomic mass is 10.1. The Morgan fingerprint density at radius 1 is 1.14 bits per heavy atom. The molecule has 0 saturated heterocycles. The van der Waals surface area contributed by atoms with E-state index in [9.17, 15) is 14.0 Å². The van der Waals surface area contributed by atoms with Gasteiger partial charge in [0.1, 0.15) is 17.6 Å². The van der Waals surface area contributed by atoms with Crippen molar-refractivity contribution in [2.75, 3.05) is 12.4 Å². The molecule has 1 aliphatic rings. The topological polar surface area (TPSA) is 73.2 Å². The van der Waals surface area contributed by atoms with E-state index in [1.807, 2.05) is 24.3 Å². The lowest BCUT2D eigenvalue weighted by molar-refractivity contribution is -0.119. The summed E-state index contributed by atoms with van der Waals surface area (Å²) in [6, 6.07) is 13.8. The lowest BCUT2D eigenvalue weighted by Gasteiger charge is -2.16. The molecule has 0 fully saturated rings. The first kappa shape index (κ1) is 17.9. The number of aryl methyl sites for hydroxylation is 1. The van der Waals surface area contributed by atoms with Crippen molar-refractivity contribution in [2.45, 2.75) is 18.9 Å². The molecule has 0 aliphatic carbocycles. The van der Waals surface area contributed by atoms with Gasteiger partial charge in [0.25, 0.3) is 5.56 Å². The molecule has 1 aromatic heterocycles. The number of aromatic nitrogens is 2. The number of carbonyl (C=O) groups is 1. The summed E-state index contributed by atoms with van der Waals surface area (Å²) < 4.78 is 19.9.